The molecule has 0 spiro atoms. The van der Waals surface area contributed by atoms with E-state index in [-0.39, 0.29) is 18.2 Å². The van der Waals surface area contributed by atoms with Crippen LogP contribution in [-0.4, -0.2) is 7.05 Å². The quantitative estimate of drug-likeness (QED) is 0.175. The molecule has 0 saturated heterocycles. The summed E-state index contributed by atoms with van der Waals surface area (Å²) in [7, 11) is 1.97. The number of nitrogens with one attached hydrogen (secondary N) is 3. The van der Waals surface area contributed by atoms with E-state index >= 15 is 0 Å². The summed E-state index contributed by atoms with van der Waals surface area (Å²) >= 11 is 0. The summed E-state index contributed by atoms with van der Waals surface area (Å²) in [5, 5.41) is 15.2. The van der Waals surface area contributed by atoms with Gasteiger partial charge in [-0.15, -0.1) is 0 Å². The molecule has 6 nitrogen and oxygen atoms in total. The molecule has 228 valence electrons. The molecule has 8 rings (SSSR count). The van der Waals surface area contributed by atoms with Crippen LogP contribution in [0.1, 0.15) is 48.8 Å². The molecule has 6 aromatic carbocycles. The van der Waals surface area contributed by atoms with Crippen LogP contribution in [0, 0.1) is 0 Å². The zero-order valence-corrected chi connectivity index (χ0v) is 26.0. The minimum Gasteiger partial charge on any atom is -0.452 e. The van der Waals surface area contributed by atoms with Gasteiger partial charge in [0.15, 0.2) is 11.3 Å². The number of benzene rings is 6. The van der Waals surface area contributed by atoms with Crippen LogP contribution >= 0.6 is 0 Å². The normalized spacial score (nSPS) is 16.5. The van der Waals surface area contributed by atoms with Crippen LogP contribution in [0.25, 0.3) is 43.9 Å². The SMILES string of the molecule is CNC1NC(C)c2c1c(NC(C)c1ccccc1)c(Oc1ccc3ccccc3c1)c1oc3ccccc3c3ccccc3oc21. The third kappa shape index (κ3) is 4.83. The number of rotatable bonds is 6. The highest BCUT2D eigenvalue weighted by molar-refractivity contribution is 6.03. The van der Waals surface area contributed by atoms with Crippen LogP contribution in [0.4, 0.5) is 5.69 Å². The lowest BCUT2D eigenvalue weighted by atomic mass is 9.98. The smallest absolute Gasteiger partial charge is 0.214 e. The Balaban J connectivity index is 1.50. The van der Waals surface area contributed by atoms with Gasteiger partial charge in [-0.05, 0) is 61.5 Å². The van der Waals surface area contributed by atoms with E-state index < -0.39 is 0 Å². The van der Waals surface area contributed by atoms with Crippen LogP contribution in [0.5, 0.6) is 11.5 Å². The Hall–Kier alpha value is -5.30. The first kappa shape index (κ1) is 28.2. The van der Waals surface area contributed by atoms with Crippen LogP contribution in [0.2, 0.25) is 0 Å². The molecule has 2 heterocycles. The molecule has 0 radical (unpaired) electrons. The Bertz CT molecular complexity index is 2290. The lowest BCUT2D eigenvalue weighted by Crippen LogP contribution is -2.27. The van der Waals surface area contributed by atoms with Crippen molar-refractivity contribution in [2.24, 2.45) is 0 Å². The highest BCUT2D eigenvalue weighted by Crippen LogP contribution is 2.50. The first-order valence-electron chi connectivity index (χ1n) is 15.8. The van der Waals surface area contributed by atoms with Crippen molar-refractivity contribution in [1.82, 2.24) is 10.6 Å². The molecular weight excluding hydrogens is 570 g/mol. The summed E-state index contributed by atoms with van der Waals surface area (Å²) in [5.41, 5.74) is 6.75. The predicted octanol–water partition coefficient (Wildman–Crippen LogP) is 10.5. The van der Waals surface area contributed by atoms with E-state index in [2.05, 4.69) is 90.5 Å². The molecule has 3 N–H and O–H groups in total. The first-order valence-corrected chi connectivity index (χ1v) is 15.8. The largest absolute Gasteiger partial charge is 0.452 e. The fourth-order valence-electron chi connectivity index (χ4n) is 6.69. The summed E-state index contributed by atoms with van der Waals surface area (Å²) in [4.78, 5) is 0. The first-order chi connectivity index (χ1) is 22.6. The average molecular weight is 606 g/mol. The Morgan fingerprint density at radius 1 is 0.696 bits per heavy atom. The van der Waals surface area contributed by atoms with E-state index in [1.54, 1.807) is 0 Å². The molecule has 0 aliphatic carbocycles. The Kier molecular flexibility index (Phi) is 7.09. The van der Waals surface area contributed by atoms with E-state index in [0.717, 1.165) is 55.1 Å². The number of ether oxygens (including phenoxy) is 1. The maximum atomic E-state index is 6.98. The van der Waals surface area contributed by atoms with Gasteiger partial charge in [0.2, 0.25) is 5.58 Å². The summed E-state index contributed by atoms with van der Waals surface area (Å²) in [6, 6.07) is 41.1. The standard InChI is InChI=1S/C40H35N3O3/c1-24(26-13-5-4-6-14-26)42-36-35-34(25(2)43-40(35)41-3)37-39(38(36)44-29-22-21-27-15-7-8-16-28(27)23-29)46-33-20-12-10-18-31(33)30-17-9-11-19-32(30)45-37/h4-25,40-43H,1-3H3. The van der Waals surface area contributed by atoms with E-state index in [9.17, 15) is 0 Å². The minimum atomic E-state index is -0.156. The molecule has 7 aromatic rings. The second-order valence-corrected chi connectivity index (χ2v) is 11.9. The van der Waals surface area contributed by atoms with Crippen LogP contribution in [0.3, 0.4) is 0 Å². The number of hydrogen-bond donors (Lipinski definition) is 3. The second-order valence-electron chi connectivity index (χ2n) is 11.9. The highest BCUT2D eigenvalue weighted by atomic mass is 16.5. The van der Waals surface area contributed by atoms with Crippen molar-refractivity contribution in [3.05, 3.63) is 138 Å². The average Bonchev–Trinajstić information content (AvgIpc) is 3.43. The third-order valence-corrected chi connectivity index (χ3v) is 8.96. The summed E-state index contributed by atoms with van der Waals surface area (Å²) in [6.07, 6.45) is -0.156. The van der Waals surface area contributed by atoms with Gasteiger partial charge in [-0.2, -0.15) is 0 Å². The Morgan fingerprint density at radius 2 is 1.33 bits per heavy atom. The fraction of sp³-hybridized carbons (Fsp3) is 0.150. The zero-order chi connectivity index (χ0) is 31.2. The van der Waals surface area contributed by atoms with E-state index in [4.69, 9.17) is 13.6 Å². The molecule has 1 aliphatic rings. The predicted molar refractivity (Wildman–Crippen MR) is 187 cm³/mol. The maximum Gasteiger partial charge on any atom is 0.214 e. The van der Waals surface area contributed by atoms with Gasteiger partial charge in [0.25, 0.3) is 0 Å². The van der Waals surface area contributed by atoms with Gasteiger partial charge >= 0.3 is 0 Å². The van der Waals surface area contributed by atoms with Gasteiger partial charge in [-0.1, -0.05) is 97.1 Å². The molecule has 1 aromatic heterocycles. The highest BCUT2D eigenvalue weighted by Gasteiger charge is 2.37. The molecule has 46 heavy (non-hydrogen) atoms. The van der Waals surface area contributed by atoms with Crippen molar-refractivity contribution in [3.63, 3.8) is 0 Å². The van der Waals surface area contributed by atoms with Gasteiger partial charge in [-0.3, -0.25) is 5.32 Å². The molecule has 3 atom stereocenters. The third-order valence-electron chi connectivity index (χ3n) is 8.96. The van der Waals surface area contributed by atoms with Crippen LogP contribution < -0.4 is 20.7 Å². The number of para-hydroxylation sites is 2. The summed E-state index contributed by atoms with van der Waals surface area (Å²) < 4.78 is 20.9. The second kappa shape index (κ2) is 11.6. The van der Waals surface area contributed by atoms with Gasteiger partial charge in [0.1, 0.15) is 16.9 Å². The summed E-state index contributed by atoms with van der Waals surface area (Å²) in [5.74, 6) is 1.27. The lowest BCUT2D eigenvalue weighted by Gasteiger charge is -2.24. The summed E-state index contributed by atoms with van der Waals surface area (Å²) in [6.45, 7) is 4.33. The minimum absolute atomic E-state index is 0.0294. The van der Waals surface area contributed by atoms with Gasteiger partial charge in [0, 0.05) is 34.0 Å². The molecular formula is C40H35N3O3. The number of fused-ring (bicyclic) bond motifs is 7. The van der Waals surface area contributed by atoms with E-state index in [1.807, 2.05) is 67.7 Å². The topological polar surface area (TPSA) is 71.6 Å². The number of hydrogen-bond acceptors (Lipinski definition) is 6. The zero-order valence-electron chi connectivity index (χ0n) is 26.0. The fourth-order valence-corrected chi connectivity index (χ4v) is 6.69. The Labute approximate surface area is 267 Å². The molecule has 1 aliphatic heterocycles. The van der Waals surface area contributed by atoms with Gasteiger partial charge < -0.3 is 24.2 Å². The van der Waals surface area contributed by atoms with Crippen molar-refractivity contribution >= 4 is 49.6 Å². The van der Waals surface area contributed by atoms with Crippen LogP contribution in [-0.2, 0) is 0 Å². The monoisotopic (exact) mass is 605 g/mol. The molecule has 6 heteroatoms. The van der Waals surface area contributed by atoms with E-state index in [1.165, 1.54) is 0 Å². The maximum absolute atomic E-state index is 6.98. The van der Waals surface area contributed by atoms with Crippen molar-refractivity contribution in [2.75, 3.05) is 12.4 Å². The molecule has 3 unspecified atom stereocenters. The van der Waals surface area contributed by atoms with Crippen molar-refractivity contribution in [1.29, 1.82) is 0 Å². The van der Waals surface area contributed by atoms with Crippen molar-refractivity contribution in [3.8, 4) is 11.5 Å². The Morgan fingerprint density at radius 3 is 2.04 bits per heavy atom. The van der Waals surface area contributed by atoms with Gasteiger partial charge in [0.05, 0.1) is 11.9 Å². The van der Waals surface area contributed by atoms with Gasteiger partial charge in [-0.25, -0.2) is 0 Å². The molecule has 0 saturated carbocycles. The van der Waals surface area contributed by atoms with Crippen LogP contribution in [0.15, 0.2) is 130 Å². The lowest BCUT2D eigenvalue weighted by molar-refractivity contribution is 0.464. The van der Waals surface area contributed by atoms with Crippen molar-refractivity contribution < 1.29 is 13.6 Å². The van der Waals surface area contributed by atoms with Crippen molar-refractivity contribution in [2.45, 2.75) is 32.1 Å². The number of anilines is 1. The molecule has 0 amide bonds. The molecule has 0 fully saturated rings. The van der Waals surface area contributed by atoms with E-state index in [0.29, 0.717) is 22.7 Å². The molecule has 0 bridgehead atoms.